The molecule has 0 fully saturated rings. The summed E-state index contributed by atoms with van der Waals surface area (Å²) in [4.78, 5) is 26.3. The smallest absolute Gasteiger partial charge is 0.211 e. The van der Waals surface area contributed by atoms with Crippen molar-refractivity contribution in [3.05, 3.63) is 64.7 Å². The Morgan fingerprint density at radius 1 is 1.24 bits per heavy atom. The van der Waals surface area contributed by atoms with Gasteiger partial charge in [-0.05, 0) is 24.3 Å². The van der Waals surface area contributed by atoms with Crippen molar-refractivity contribution in [2.24, 2.45) is 0 Å². The molecule has 6 heteroatoms. The van der Waals surface area contributed by atoms with Crippen LogP contribution in [0.15, 0.2) is 58.5 Å². The maximum Gasteiger partial charge on any atom is 0.211 e. The minimum Gasteiger partial charge on any atom is -0.383 e. The first kappa shape index (κ1) is 15.1. The molecule has 1 aromatic heterocycles. The molecule has 0 bridgehead atoms. The van der Waals surface area contributed by atoms with Gasteiger partial charge in [0.2, 0.25) is 11.2 Å². The molecule has 5 nitrogen and oxygen atoms in total. The second kappa shape index (κ2) is 6.41. The van der Waals surface area contributed by atoms with Crippen LogP contribution in [0.4, 0.5) is 0 Å². The van der Waals surface area contributed by atoms with Crippen LogP contribution >= 0.6 is 12.6 Å². The molecule has 0 atom stereocenters. The van der Waals surface area contributed by atoms with Gasteiger partial charge in [0.25, 0.3) is 0 Å². The quantitative estimate of drug-likeness (QED) is 0.531. The van der Waals surface area contributed by atoms with Gasteiger partial charge in [-0.3, -0.25) is 9.59 Å². The van der Waals surface area contributed by atoms with Crippen LogP contribution in [0, 0.1) is 0 Å². The number of nitrogens with zero attached hydrogens (tertiary/aromatic N) is 3. The summed E-state index contributed by atoms with van der Waals surface area (Å²) in [5.41, 5.74) is 0.245. The van der Waals surface area contributed by atoms with Gasteiger partial charge in [0.1, 0.15) is 0 Å². The fraction of sp³-hybridized carbons (Fsp3) is 0.133. The predicted molar refractivity (Wildman–Crippen MR) is 84.2 cm³/mol. The zero-order valence-corrected chi connectivity index (χ0v) is 12.6. The molecule has 108 valence electrons. The van der Waals surface area contributed by atoms with Crippen LogP contribution in [-0.2, 0) is 0 Å². The highest BCUT2D eigenvalue weighted by molar-refractivity contribution is 7.80. The Kier molecular flexibility index (Phi) is 4.59. The van der Waals surface area contributed by atoms with E-state index in [1.54, 1.807) is 25.2 Å². The Morgan fingerprint density at radius 2 is 1.90 bits per heavy atom. The number of allylic oxidation sites excluding steroid dienone is 1. The number of rotatable bonds is 4. The Bertz CT molecular complexity index is 733. The van der Waals surface area contributed by atoms with Gasteiger partial charge in [-0.15, -0.1) is 12.6 Å². The van der Waals surface area contributed by atoms with E-state index in [1.807, 2.05) is 24.3 Å². The summed E-state index contributed by atoms with van der Waals surface area (Å²) < 4.78 is 1.49. The standard InChI is InChI=1S/C15H15N3O2S/c1-17(2)9-7-13(19)15-14(20)8-10-18(16-15)11-3-5-12(21)6-4-11/h3-10,21H,1-2H3. The zero-order chi connectivity index (χ0) is 15.4. The van der Waals surface area contributed by atoms with Crippen LogP contribution in [0.5, 0.6) is 0 Å². The summed E-state index contributed by atoms with van der Waals surface area (Å²) in [6.07, 6.45) is 4.43. The van der Waals surface area contributed by atoms with E-state index in [2.05, 4.69) is 17.7 Å². The zero-order valence-electron chi connectivity index (χ0n) is 11.7. The number of hydrogen-bond acceptors (Lipinski definition) is 5. The van der Waals surface area contributed by atoms with Crippen molar-refractivity contribution >= 4 is 18.4 Å². The van der Waals surface area contributed by atoms with E-state index in [-0.39, 0.29) is 5.69 Å². The van der Waals surface area contributed by atoms with Crippen LogP contribution in [0.2, 0.25) is 0 Å². The van der Waals surface area contributed by atoms with Gasteiger partial charge in [0.15, 0.2) is 5.69 Å². The first-order valence-corrected chi connectivity index (χ1v) is 6.70. The van der Waals surface area contributed by atoms with Crippen molar-refractivity contribution in [1.82, 2.24) is 14.7 Å². The van der Waals surface area contributed by atoms with E-state index in [4.69, 9.17) is 0 Å². The Morgan fingerprint density at radius 3 is 2.52 bits per heavy atom. The molecule has 0 saturated carbocycles. The number of carbonyl (C=O) groups is 1. The normalized spacial score (nSPS) is 10.8. The maximum absolute atomic E-state index is 12.0. The largest absolute Gasteiger partial charge is 0.383 e. The molecule has 2 rings (SSSR count). The van der Waals surface area contributed by atoms with Crippen molar-refractivity contribution in [2.75, 3.05) is 14.1 Å². The average molecular weight is 301 g/mol. The lowest BCUT2D eigenvalue weighted by Gasteiger charge is -2.07. The molecule has 0 radical (unpaired) electrons. The summed E-state index contributed by atoms with van der Waals surface area (Å²) >= 11 is 4.21. The molecular formula is C15H15N3O2S. The first-order chi connectivity index (χ1) is 9.97. The fourth-order valence-corrected chi connectivity index (χ4v) is 1.77. The molecule has 0 aliphatic heterocycles. The first-order valence-electron chi connectivity index (χ1n) is 6.26. The van der Waals surface area contributed by atoms with Gasteiger partial charge in [-0.25, -0.2) is 4.68 Å². The molecule has 0 saturated heterocycles. The third kappa shape index (κ3) is 3.82. The van der Waals surface area contributed by atoms with E-state index >= 15 is 0 Å². The van der Waals surface area contributed by atoms with E-state index in [0.29, 0.717) is 0 Å². The Labute approximate surface area is 127 Å². The van der Waals surface area contributed by atoms with Gasteiger partial charge in [-0.1, -0.05) is 0 Å². The summed E-state index contributed by atoms with van der Waals surface area (Å²) in [6.45, 7) is 0. The summed E-state index contributed by atoms with van der Waals surface area (Å²) in [5, 5.41) is 4.11. The van der Waals surface area contributed by atoms with E-state index < -0.39 is 11.2 Å². The highest BCUT2D eigenvalue weighted by Crippen LogP contribution is 2.10. The van der Waals surface area contributed by atoms with Crippen LogP contribution in [-0.4, -0.2) is 34.6 Å². The van der Waals surface area contributed by atoms with E-state index in [1.165, 1.54) is 23.0 Å². The van der Waals surface area contributed by atoms with E-state index in [0.717, 1.165) is 10.6 Å². The van der Waals surface area contributed by atoms with E-state index in [9.17, 15) is 9.59 Å². The summed E-state index contributed by atoms with van der Waals surface area (Å²) in [5.74, 6) is -0.422. The molecule has 21 heavy (non-hydrogen) atoms. The van der Waals surface area contributed by atoms with Gasteiger partial charge < -0.3 is 4.90 Å². The van der Waals surface area contributed by atoms with Crippen molar-refractivity contribution in [3.8, 4) is 5.69 Å². The molecule has 1 heterocycles. The number of hydrogen-bond donors (Lipinski definition) is 1. The van der Waals surface area contributed by atoms with Crippen LogP contribution in [0.25, 0.3) is 5.69 Å². The molecule has 0 aliphatic rings. The predicted octanol–water partition coefficient (Wildman–Crippen LogP) is 1.78. The highest BCUT2D eigenvalue weighted by atomic mass is 32.1. The lowest BCUT2D eigenvalue weighted by atomic mass is 10.2. The maximum atomic E-state index is 12.0. The van der Waals surface area contributed by atoms with Crippen LogP contribution < -0.4 is 5.43 Å². The molecule has 0 amide bonds. The summed E-state index contributed by atoms with van der Waals surface area (Å²) in [7, 11) is 3.58. The third-order valence-corrected chi connectivity index (χ3v) is 2.98. The van der Waals surface area contributed by atoms with Crippen molar-refractivity contribution in [3.63, 3.8) is 0 Å². The van der Waals surface area contributed by atoms with Crippen LogP contribution in [0.1, 0.15) is 10.5 Å². The third-order valence-electron chi connectivity index (χ3n) is 2.68. The molecule has 0 N–H and O–H groups in total. The monoisotopic (exact) mass is 301 g/mol. The Hall–Kier alpha value is -2.34. The molecule has 0 unspecified atom stereocenters. The molecule has 0 aliphatic carbocycles. The number of benzene rings is 1. The van der Waals surface area contributed by atoms with Gasteiger partial charge in [0, 0.05) is 43.5 Å². The average Bonchev–Trinajstić information content (AvgIpc) is 2.46. The molecule has 1 aromatic carbocycles. The lowest BCUT2D eigenvalue weighted by molar-refractivity contribution is 0.103. The van der Waals surface area contributed by atoms with Gasteiger partial charge in [-0.2, -0.15) is 5.10 Å². The fourth-order valence-electron chi connectivity index (χ4n) is 1.62. The van der Waals surface area contributed by atoms with Crippen molar-refractivity contribution < 1.29 is 4.79 Å². The molecule has 0 spiro atoms. The lowest BCUT2D eigenvalue weighted by Crippen LogP contribution is -2.20. The highest BCUT2D eigenvalue weighted by Gasteiger charge is 2.10. The van der Waals surface area contributed by atoms with Crippen LogP contribution in [0.3, 0.4) is 0 Å². The minimum absolute atomic E-state index is 0.106. The second-order valence-electron chi connectivity index (χ2n) is 4.63. The second-order valence-corrected chi connectivity index (χ2v) is 5.15. The van der Waals surface area contributed by atoms with Crippen molar-refractivity contribution in [1.29, 1.82) is 0 Å². The number of aromatic nitrogens is 2. The SMILES string of the molecule is CN(C)C=CC(=O)c1nn(-c2ccc(S)cc2)ccc1=O. The van der Waals surface area contributed by atoms with Gasteiger partial charge in [0.05, 0.1) is 5.69 Å². The minimum atomic E-state index is -0.422. The number of thiol groups is 1. The molecular weight excluding hydrogens is 286 g/mol. The summed E-state index contributed by atoms with van der Waals surface area (Å²) in [6, 6.07) is 8.57. The van der Waals surface area contributed by atoms with Crippen molar-refractivity contribution in [2.45, 2.75) is 4.90 Å². The topological polar surface area (TPSA) is 55.2 Å². The molecule has 2 aromatic rings. The van der Waals surface area contributed by atoms with Gasteiger partial charge >= 0.3 is 0 Å². The number of carbonyl (C=O) groups excluding carboxylic acids is 1. The Balaban J connectivity index is 2.40. The number of ketones is 1.